The molecule has 0 saturated heterocycles. The van der Waals surface area contributed by atoms with Crippen molar-refractivity contribution in [1.82, 2.24) is 24.5 Å². The van der Waals surface area contributed by atoms with Gasteiger partial charge in [0.2, 0.25) is 5.13 Å². The molecule has 0 bridgehead atoms. The average molecular weight is 282 g/mol. The standard InChI is InChI=1S/C11H18N6OS/c1-7(2)6-9-14-11(19-17-9)12-5-3-4-8-13-10(18)16-15-8/h7H,3-6H2,1-2H3,(H,12,14,17)(H2,13,15,16,18). The topological polar surface area (TPSA) is 99.4 Å². The highest BCUT2D eigenvalue weighted by atomic mass is 32.1. The van der Waals surface area contributed by atoms with E-state index in [-0.39, 0.29) is 5.69 Å². The maximum atomic E-state index is 10.8. The Morgan fingerprint density at radius 2 is 2.26 bits per heavy atom. The molecule has 2 rings (SSSR count). The van der Waals surface area contributed by atoms with Crippen LogP contribution in [0.15, 0.2) is 4.79 Å². The number of aromatic amines is 2. The van der Waals surface area contributed by atoms with Crippen LogP contribution in [0.3, 0.4) is 0 Å². The van der Waals surface area contributed by atoms with E-state index >= 15 is 0 Å². The second-order valence-electron chi connectivity index (χ2n) is 4.77. The number of nitrogens with one attached hydrogen (secondary N) is 3. The summed E-state index contributed by atoms with van der Waals surface area (Å²) in [7, 11) is 0. The number of H-pyrrole nitrogens is 2. The van der Waals surface area contributed by atoms with Gasteiger partial charge in [0.25, 0.3) is 0 Å². The minimum atomic E-state index is -0.259. The Morgan fingerprint density at radius 3 is 2.95 bits per heavy atom. The van der Waals surface area contributed by atoms with E-state index in [9.17, 15) is 4.79 Å². The van der Waals surface area contributed by atoms with E-state index in [0.717, 1.165) is 36.8 Å². The van der Waals surface area contributed by atoms with Gasteiger partial charge in [-0.25, -0.2) is 14.9 Å². The van der Waals surface area contributed by atoms with E-state index in [0.29, 0.717) is 11.7 Å². The molecule has 0 aliphatic carbocycles. The number of hydrogen-bond acceptors (Lipinski definition) is 6. The summed E-state index contributed by atoms with van der Waals surface area (Å²) in [5, 5.41) is 10.3. The van der Waals surface area contributed by atoms with Gasteiger partial charge in [-0.2, -0.15) is 9.47 Å². The van der Waals surface area contributed by atoms with Crippen molar-refractivity contribution in [2.45, 2.75) is 33.1 Å². The number of anilines is 1. The molecule has 2 aromatic rings. The molecule has 2 aromatic heterocycles. The van der Waals surface area contributed by atoms with Crippen molar-refractivity contribution in [2.75, 3.05) is 11.9 Å². The molecule has 0 aromatic carbocycles. The first-order valence-electron chi connectivity index (χ1n) is 6.33. The van der Waals surface area contributed by atoms with E-state index in [2.05, 4.69) is 43.7 Å². The highest BCUT2D eigenvalue weighted by Crippen LogP contribution is 2.13. The minimum absolute atomic E-state index is 0.259. The van der Waals surface area contributed by atoms with Crippen LogP contribution < -0.4 is 11.0 Å². The largest absolute Gasteiger partial charge is 0.360 e. The zero-order valence-corrected chi connectivity index (χ0v) is 11.9. The molecule has 2 heterocycles. The lowest BCUT2D eigenvalue weighted by molar-refractivity contribution is 0.627. The van der Waals surface area contributed by atoms with Crippen LogP contribution in [0.4, 0.5) is 5.13 Å². The Balaban J connectivity index is 1.70. The highest BCUT2D eigenvalue weighted by Gasteiger charge is 2.05. The van der Waals surface area contributed by atoms with Crippen LogP contribution in [0.2, 0.25) is 0 Å². The molecule has 19 heavy (non-hydrogen) atoms. The second kappa shape index (κ2) is 6.46. The normalized spacial score (nSPS) is 11.1. The third-order valence-corrected chi connectivity index (χ3v) is 3.19. The molecule has 7 nitrogen and oxygen atoms in total. The summed E-state index contributed by atoms with van der Waals surface area (Å²) in [6, 6.07) is 0. The van der Waals surface area contributed by atoms with Gasteiger partial charge in [0.1, 0.15) is 11.6 Å². The minimum Gasteiger partial charge on any atom is -0.360 e. The van der Waals surface area contributed by atoms with Gasteiger partial charge < -0.3 is 5.32 Å². The van der Waals surface area contributed by atoms with Crippen molar-refractivity contribution in [2.24, 2.45) is 5.92 Å². The zero-order chi connectivity index (χ0) is 13.7. The molecule has 0 aliphatic heterocycles. The Hall–Kier alpha value is -1.70. The number of hydrogen-bond donors (Lipinski definition) is 3. The predicted molar refractivity (Wildman–Crippen MR) is 74.5 cm³/mol. The van der Waals surface area contributed by atoms with Crippen molar-refractivity contribution >= 4 is 16.7 Å². The Morgan fingerprint density at radius 1 is 1.42 bits per heavy atom. The van der Waals surface area contributed by atoms with Crippen LogP contribution in [0, 0.1) is 5.92 Å². The Bertz CT molecular complexity index is 557. The van der Waals surface area contributed by atoms with Gasteiger partial charge in [-0.1, -0.05) is 13.8 Å². The van der Waals surface area contributed by atoms with Crippen molar-refractivity contribution in [3.8, 4) is 0 Å². The SMILES string of the molecule is CC(C)Cc1nsc(NCCCc2n[nH]c(=O)[nH]2)n1. The fourth-order valence-electron chi connectivity index (χ4n) is 1.65. The maximum Gasteiger partial charge on any atom is 0.340 e. The van der Waals surface area contributed by atoms with E-state index in [1.807, 2.05) is 0 Å². The lowest BCUT2D eigenvalue weighted by Gasteiger charge is -2.00. The number of nitrogens with zero attached hydrogens (tertiary/aromatic N) is 3. The molecule has 0 spiro atoms. The number of rotatable bonds is 7. The molecule has 0 amide bonds. The maximum absolute atomic E-state index is 10.8. The smallest absolute Gasteiger partial charge is 0.340 e. The van der Waals surface area contributed by atoms with Crippen LogP contribution >= 0.6 is 11.5 Å². The molecule has 104 valence electrons. The van der Waals surface area contributed by atoms with Gasteiger partial charge in [-0.05, 0) is 12.3 Å². The molecular formula is C11H18N6OS. The summed E-state index contributed by atoms with van der Waals surface area (Å²) >= 11 is 1.39. The van der Waals surface area contributed by atoms with Crippen LogP contribution in [0.1, 0.15) is 31.9 Å². The average Bonchev–Trinajstić information content (AvgIpc) is 2.94. The first-order valence-corrected chi connectivity index (χ1v) is 7.11. The first-order chi connectivity index (χ1) is 9.13. The first kappa shape index (κ1) is 13.7. The van der Waals surface area contributed by atoms with Gasteiger partial charge >= 0.3 is 5.69 Å². The third-order valence-electron chi connectivity index (χ3n) is 2.48. The monoisotopic (exact) mass is 282 g/mol. The zero-order valence-electron chi connectivity index (χ0n) is 11.1. The molecule has 3 N–H and O–H groups in total. The lowest BCUT2D eigenvalue weighted by Crippen LogP contribution is -2.05. The molecule has 0 radical (unpaired) electrons. The lowest BCUT2D eigenvalue weighted by atomic mass is 10.1. The second-order valence-corrected chi connectivity index (χ2v) is 5.52. The summed E-state index contributed by atoms with van der Waals surface area (Å²) in [6.45, 7) is 5.09. The van der Waals surface area contributed by atoms with Gasteiger partial charge in [0.15, 0.2) is 0 Å². The van der Waals surface area contributed by atoms with E-state index < -0.39 is 0 Å². The van der Waals surface area contributed by atoms with Crippen molar-refractivity contribution < 1.29 is 0 Å². The molecule has 0 aliphatic rings. The van der Waals surface area contributed by atoms with Crippen LogP contribution in [-0.4, -0.2) is 31.1 Å². The summed E-state index contributed by atoms with van der Waals surface area (Å²) < 4.78 is 4.30. The highest BCUT2D eigenvalue weighted by molar-refractivity contribution is 7.09. The molecule has 0 saturated carbocycles. The van der Waals surface area contributed by atoms with Gasteiger partial charge in [-0.15, -0.1) is 0 Å². The van der Waals surface area contributed by atoms with Gasteiger partial charge in [-0.3, -0.25) is 4.98 Å². The van der Waals surface area contributed by atoms with Crippen LogP contribution in [0.5, 0.6) is 0 Å². The van der Waals surface area contributed by atoms with Crippen molar-refractivity contribution in [1.29, 1.82) is 0 Å². The van der Waals surface area contributed by atoms with Gasteiger partial charge in [0, 0.05) is 30.9 Å². The molecule has 0 fully saturated rings. The van der Waals surface area contributed by atoms with Crippen LogP contribution in [0.25, 0.3) is 0 Å². The van der Waals surface area contributed by atoms with E-state index in [1.165, 1.54) is 11.5 Å². The van der Waals surface area contributed by atoms with Gasteiger partial charge in [0.05, 0.1) is 0 Å². The predicted octanol–water partition coefficient (Wildman–Crippen LogP) is 1.19. The fraction of sp³-hybridized carbons (Fsp3) is 0.636. The molecule has 0 atom stereocenters. The summed E-state index contributed by atoms with van der Waals surface area (Å²) in [5.74, 6) is 2.16. The van der Waals surface area contributed by atoms with Crippen LogP contribution in [-0.2, 0) is 12.8 Å². The fourth-order valence-corrected chi connectivity index (χ4v) is 2.27. The number of aromatic nitrogens is 5. The van der Waals surface area contributed by atoms with Crippen molar-refractivity contribution in [3.63, 3.8) is 0 Å². The summed E-state index contributed by atoms with van der Waals surface area (Å²) in [5.41, 5.74) is -0.259. The summed E-state index contributed by atoms with van der Waals surface area (Å²) in [6.07, 6.45) is 2.51. The number of aryl methyl sites for hydroxylation is 1. The van der Waals surface area contributed by atoms with E-state index in [1.54, 1.807) is 0 Å². The van der Waals surface area contributed by atoms with Crippen molar-refractivity contribution in [3.05, 3.63) is 22.1 Å². The molecular weight excluding hydrogens is 264 g/mol. The molecule has 8 heteroatoms. The quantitative estimate of drug-likeness (QED) is 0.662. The summed E-state index contributed by atoms with van der Waals surface area (Å²) in [4.78, 5) is 17.9. The molecule has 0 unspecified atom stereocenters. The third kappa shape index (κ3) is 4.47. The Kier molecular flexibility index (Phi) is 4.67. The Labute approximate surface area is 115 Å². The van der Waals surface area contributed by atoms with E-state index in [4.69, 9.17) is 0 Å².